The minimum absolute atomic E-state index is 0.346. The lowest BCUT2D eigenvalue weighted by atomic mass is 9.91. The summed E-state index contributed by atoms with van der Waals surface area (Å²) in [4.78, 5) is 2.59. The van der Waals surface area contributed by atoms with E-state index in [1.807, 2.05) is 0 Å². The zero-order valence-corrected chi connectivity index (χ0v) is 11.9. The number of nitrogens with zero attached hydrogens (tertiary/aromatic N) is 1. The van der Waals surface area contributed by atoms with Crippen molar-refractivity contribution in [3.63, 3.8) is 0 Å². The lowest BCUT2D eigenvalue weighted by Gasteiger charge is -2.38. The summed E-state index contributed by atoms with van der Waals surface area (Å²) in [6, 6.07) is 8.16. The average Bonchev–Trinajstić information content (AvgIpc) is 2.43. The van der Waals surface area contributed by atoms with Crippen LogP contribution < -0.4 is 5.73 Å². The van der Waals surface area contributed by atoms with E-state index < -0.39 is 0 Å². The number of likely N-dealkylation sites (tertiary alicyclic amines) is 1. The van der Waals surface area contributed by atoms with Crippen LogP contribution in [0.15, 0.2) is 24.3 Å². The molecule has 1 aromatic rings. The fourth-order valence-corrected chi connectivity index (χ4v) is 3.25. The number of nitrogens with two attached hydrogens (primary N) is 1. The van der Waals surface area contributed by atoms with E-state index in [0.717, 1.165) is 31.8 Å². The van der Waals surface area contributed by atoms with Crippen molar-refractivity contribution in [1.29, 1.82) is 0 Å². The van der Waals surface area contributed by atoms with E-state index >= 15 is 0 Å². The van der Waals surface area contributed by atoms with Crippen LogP contribution in [0.4, 0.5) is 0 Å². The zero-order chi connectivity index (χ0) is 13.7. The number of piperidine rings is 1. The molecule has 1 heterocycles. The summed E-state index contributed by atoms with van der Waals surface area (Å²) >= 11 is 0. The molecule has 1 aliphatic rings. The monoisotopic (exact) mass is 262 g/mol. The van der Waals surface area contributed by atoms with Crippen molar-refractivity contribution in [3.8, 4) is 5.75 Å². The van der Waals surface area contributed by atoms with Crippen LogP contribution in [0, 0.1) is 5.92 Å². The van der Waals surface area contributed by atoms with Crippen LogP contribution >= 0.6 is 0 Å². The number of hydrogen-bond acceptors (Lipinski definition) is 3. The van der Waals surface area contributed by atoms with E-state index in [9.17, 15) is 5.11 Å². The quantitative estimate of drug-likeness (QED) is 0.858. The van der Waals surface area contributed by atoms with Crippen molar-refractivity contribution in [2.75, 3.05) is 19.6 Å². The van der Waals surface area contributed by atoms with Crippen molar-refractivity contribution < 1.29 is 5.11 Å². The topological polar surface area (TPSA) is 49.5 Å². The van der Waals surface area contributed by atoms with Gasteiger partial charge in [-0.3, -0.25) is 4.90 Å². The minimum Gasteiger partial charge on any atom is -0.508 e. The third-order valence-electron chi connectivity index (χ3n) is 4.23. The summed E-state index contributed by atoms with van der Waals surface area (Å²) in [5, 5.41) is 9.41. The van der Waals surface area contributed by atoms with Crippen LogP contribution in [0.2, 0.25) is 0 Å². The van der Waals surface area contributed by atoms with Crippen LogP contribution in [-0.4, -0.2) is 29.6 Å². The predicted molar refractivity (Wildman–Crippen MR) is 79.1 cm³/mol. The first kappa shape index (κ1) is 14.4. The van der Waals surface area contributed by atoms with Gasteiger partial charge in [-0.1, -0.05) is 19.1 Å². The first-order valence-corrected chi connectivity index (χ1v) is 7.47. The second-order valence-electron chi connectivity index (χ2n) is 5.60. The van der Waals surface area contributed by atoms with Crippen molar-refractivity contribution in [2.45, 2.75) is 38.6 Å². The maximum Gasteiger partial charge on any atom is 0.115 e. The zero-order valence-electron chi connectivity index (χ0n) is 11.9. The van der Waals surface area contributed by atoms with E-state index in [1.165, 1.54) is 24.9 Å². The van der Waals surface area contributed by atoms with E-state index in [2.05, 4.69) is 24.0 Å². The molecule has 3 N–H and O–H groups in total. The Labute approximate surface area is 116 Å². The highest BCUT2D eigenvalue weighted by Crippen LogP contribution is 2.30. The molecule has 1 saturated heterocycles. The molecule has 1 aromatic carbocycles. The molecule has 1 aliphatic heterocycles. The van der Waals surface area contributed by atoms with Gasteiger partial charge in [0.25, 0.3) is 0 Å². The summed E-state index contributed by atoms with van der Waals surface area (Å²) in [5.74, 6) is 1.10. The molecule has 0 spiro atoms. The number of aromatic hydroxyl groups is 1. The fourth-order valence-electron chi connectivity index (χ4n) is 3.25. The molecule has 0 amide bonds. The third kappa shape index (κ3) is 3.71. The molecule has 2 unspecified atom stereocenters. The fraction of sp³-hybridized carbons (Fsp3) is 0.625. The maximum atomic E-state index is 9.41. The highest BCUT2D eigenvalue weighted by atomic mass is 16.3. The lowest BCUT2D eigenvalue weighted by molar-refractivity contribution is 0.117. The van der Waals surface area contributed by atoms with Gasteiger partial charge in [-0.15, -0.1) is 0 Å². The van der Waals surface area contributed by atoms with Gasteiger partial charge in [0.1, 0.15) is 5.75 Å². The maximum absolute atomic E-state index is 9.41. The Kier molecular flexibility index (Phi) is 5.23. The van der Waals surface area contributed by atoms with Crippen LogP contribution in [-0.2, 0) is 0 Å². The van der Waals surface area contributed by atoms with Crippen molar-refractivity contribution in [2.24, 2.45) is 11.7 Å². The summed E-state index contributed by atoms with van der Waals surface area (Å²) in [6.45, 7) is 5.38. The van der Waals surface area contributed by atoms with E-state index in [0.29, 0.717) is 11.8 Å². The number of phenols is 1. The van der Waals surface area contributed by atoms with Crippen molar-refractivity contribution >= 4 is 0 Å². The van der Waals surface area contributed by atoms with Gasteiger partial charge < -0.3 is 10.8 Å². The molecule has 0 bridgehead atoms. The molecule has 0 aromatic heterocycles. The Hall–Kier alpha value is -1.06. The van der Waals surface area contributed by atoms with Gasteiger partial charge in [0, 0.05) is 12.6 Å². The highest BCUT2D eigenvalue weighted by molar-refractivity contribution is 5.28. The largest absolute Gasteiger partial charge is 0.508 e. The van der Waals surface area contributed by atoms with E-state index in [-0.39, 0.29) is 0 Å². The molecule has 19 heavy (non-hydrogen) atoms. The second kappa shape index (κ2) is 6.92. The predicted octanol–water partition coefficient (Wildman–Crippen LogP) is 2.90. The lowest BCUT2D eigenvalue weighted by Crippen LogP contribution is -2.38. The van der Waals surface area contributed by atoms with E-state index in [1.54, 1.807) is 12.1 Å². The standard InChI is InChI=1S/C16H26N2O/c1-2-16(14-5-7-15(19)8-6-14)18-11-3-4-13(12-18)9-10-17/h5-8,13,16,19H,2-4,9-12,17H2,1H3. The summed E-state index contributed by atoms with van der Waals surface area (Å²) in [7, 11) is 0. The summed E-state index contributed by atoms with van der Waals surface area (Å²) in [5.41, 5.74) is 7.01. The minimum atomic E-state index is 0.346. The average molecular weight is 262 g/mol. The van der Waals surface area contributed by atoms with Gasteiger partial charge in [-0.25, -0.2) is 0 Å². The number of benzene rings is 1. The number of rotatable bonds is 5. The van der Waals surface area contributed by atoms with Gasteiger partial charge in [0.15, 0.2) is 0 Å². The Morgan fingerprint density at radius 2 is 2.11 bits per heavy atom. The molecule has 0 radical (unpaired) electrons. The SMILES string of the molecule is CCC(c1ccc(O)cc1)N1CCCC(CCN)C1. The Bertz CT molecular complexity index is 375. The smallest absolute Gasteiger partial charge is 0.115 e. The van der Waals surface area contributed by atoms with Crippen LogP contribution in [0.3, 0.4) is 0 Å². The molecule has 3 nitrogen and oxygen atoms in total. The summed E-state index contributed by atoms with van der Waals surface area (Å²) < 4.78 is 0. The molecule has 1 fully saturated rings. The molecular weight excluding hydrogens is 236 g/mol. The van der Waals surface area contributed by atoms with Crippen LogP contribution in [0.25, 0.3) is 0 Å². The summed E-state index contributed by atoms with van der Waals surface area (Å²) in [6.07, 6.45) is 4.85. The van der Waals surface area contributed by atoms with Crippen molar-refractivity contribution in [1.82, 2.24) is 4.90 Å². The number of phenolic OH excluding ortho intramolecular Hbond substituents is 1. The first-order chi connectivity index (χ1) is 9.24. The van der Waals surface area contributed by atoms with E-state index in [4.69, 9.17) is 5.73 Å². The van der Waals surface area contributed by atoms with Crippen LogP contribution in [0.1, 0.15) is 44.2 Å². The molecule has 3 heteroatoms. The molecule has 2 atom stereocenters. The second-order valence-corrected chi connectivity index (χ2v) is 5.60. The Balaban J connectivity index is 2.06. The van der Waals surface area contributed by atoms with Crippen molar-refractivity contribution in [3.05, 3.63) is 29.8 Å². The Morgan fingerprint density at radius 1 is 1.37 bits per heavy atom. The van der Waals surface area contributed by atoms with Gasteiger partial charge in [-0.2, -0.15) is 0 Å². The molecular formula is C16H26N2O. The molecule has 0 saturated carbocycles. The molecule has 0 aliphatic carbocycles. The number of hydrogen-bond donors (Lipinski definition) is 2. The molecule has 106 valence electrons. The van der Waals surface area contributed by atoms with Crippen LogP contribution in [0.5, 0.6) is 5.75 Å². The molecule has 2 rings (SSSR count). The third-order valence-corrected chi connectivity index (χ3v) is 4.23. The Morgan fingerprint density at radius 3 is 2.74 bits per heavy atom. The highest BCUT2D eigenvalue weighted by Gasteiger charge is 2.25. The van der Waals surface area contributed by atoms with Gasteiger partial charge in [0.2, 0.25) is 0 Å². The van der Waals surface area contributed by atoms with Gasteiger partial charge in [-0.05, 0) is 62.4 Å². The first-order valence-electron chi connectivity index (χ1n) is 7.47. The van der Waals surface area contributed by atoms with Gasteiger partial charge >= 0.3 is 0 Å². The normalized spacial score (nSPS) is 22.3. The van der Waals surface area contributed by atoms with Gasteiger partial charge in [0.05, 0.1) is 0 Å².